The van der Waals surface area contributed by atoms with Gasteiger partial charge in [0.1, 0.15) is 12.4 Å². The normalized spacial score (nSPS) is 11.4. The van der Waals surface area contributed by atoms with Gasteiger partial charge in [-0.2, -0.15) is 5.21 Å². The number of nitrogens with one attached hydrogen (secondary N) is 2. The highest BCUT2D eigenvalue weighted by Crippen LogP contribution is 2.11. The minimum absolute atomic E-state index is 0.117. The van der Waals surface area contributed by atoms with Crippen molar-refractivity contribution in [3.63, 3.8) is 0 Å². The summed E-state index contributed by atoms with van der Waals surface area (Å²) < 4.78 is 13.7. The van der Waals surface area contributed by atoms with Crippen molar-refractivity contribution in [1.29, 1.82) is 0 Å². The number of H-pyrrole nitrogens is 1. The van der Waals surface area contributed by atoms with Crippen LogP contribution in [0, 0.1) is 17.7 Å². The van der Waals surface area contributed by atoms with Crippen molar-refractivity contribution in [1.82, 2.24) is 25.9 Å². The highest BCUT2D eigenvalue weighted by Gasteiger charge is 2.15. The van der Waals surface area contributed by atoms with Crippen LogP contribution in [0.1, 0.15) is 34.7 Å². The topological polar surface area (TPSA) is 104 Å². The van der Waals surface area contributed by atoms with Gasteiger partial charge in [-0.15, -0.1) is 10.2 Å². The Labute approximate surface area is 119 Å². The van der Waals surface area contributed by atoms with E-state index in [1.165, 1.54) is 12.1 Å². The largest absolute Gasteiger partial charge is 0.384 e. The number of carbonyl (C=O) groups excluding carboxylic acids is 1. The van der Waals surface area contributed by atoms with Gasteiger partial charge in [0.25, 0.3) is 5.91 Å². The zero-order valence-electron chi connectivity index (χ0n) is 11.1. The molecule has 1 amide bonds. The lowest BCUT2D eigenvalue weighted by Crippen LogP contribution is -2.27. The summed E-state index contributed by atoms with van der Waals surface area (Å²) in [5.41, 5.74) is 0.268. The number of halogens is 1. The van der Waals surface area contributed by atoms with Gasteiger partial charge in [0, 0.05) is 5.56 Å². The van der Waals surface area contributed by atoms with Gasteiger partial charge in [-0.25, -0.2) is 4.39 Å². The van der Waals surface area contributed by atoms with Gasteiger partial charge in [0.15, 0.2) is 5.82 Å². The molecule has 0 bridgehead atoms. The number of aliphatic hydroxyl groups excluding tert-OH is 1. The maximum absolute atomic E-state index is 13.7. The van der Waals surface area contributed by atoms with E-state index in [1.54, 1.807) is 6.92 Å². The third kappa shape index (κ3) is 3.61. The number of amides is 1. The molecule has 2 rings (SSSR count). The number of hydrogen-bond donors (Lipinski definition) is 3. The zero-order valence-corrected chi connectivity index (χ0v) is 11.1. The minimum Gasteiger partial charge on any atom is -0.384 e. The van der Waals surface area contributed by atoms with Crippen LogP contribution in [0.3, 0.4) is 0 Å². The molecule has 0 saturated heterocycles. The molecule has 1 aromatic heterocycles. The Hall–Kier alpha value is -2.79. The number of benzene rings is 1. The van der Waals surface area contributed by atoms with Crippen LogP contribution in [-0.4, -0.2) is 38.2 Å². The van der Waals surface area contributed by atoms with Crippen LogP contribution in [0.4, 0.5) is 4.39 Å². The van der Waals surface area contributed by atoms with Crippen molar-refractivity contribution < 1.29 is 14.3 Å². The fourth-order valence-corrected chi connectivity index (χ4v) is 1.59. The molecule has 1 heterocycles. The Kier molecular flexibility index (Phi) is 4.58. The van der Waals surface area contributed by atoms with Crippen molar-refractivity contribution in [3.8, 4) is 11.8 Å². The fraction of sp³-hybridized carbons (Fsp3) is 0.231. The van der Waals surface area contributed by atoms with Gasteiger partial charge in [0.2, 0.25) is 0 Å². The molecule has 2 aromatic rings. The summed E-state index contributed by atoms with van der Waals surface area (Å²) in [7, 11) is 0. The zero-order chi connectivity index (χ0) is 15.2. The molecule has 1 aromatic carbocycles. The van der Waals surface area contributed by atoms with E-state index >= 15 is 0 Å². The Morgan fingerprint density at radius 1 is 1.57 bits per heavy atom. The second-order valence-corrected chi connectivity index (χ2v) is 4.12. The van der Waals surface area contributed by atoms with Crippen molar-refractivity contribution in [2.75, 3.05) is 6.61 Å². The lowest BCUT2D eigenvalue weighted by molar-refractivity contribution is 0.0938. The third-order valence-corrected chi connectivity index (χ3v) is 2.63. The second-order valence-electron chi connectivity index (χ2n) is 4.12. The van der Waals surface area contributed by atoms with E-state index in [0.29, 0.717) is 5.82 Å². The first-order valence-electron chi connectivity index (χ1n) is 6.05. The molecule has 0 spiro atoms. The fourth-order valence-electron chi connectivity index (χ4n) is 1.59. The molecule has 7 nitrogen and oxygen atoms in total. The van der Waals surface area contributed by atoms with Crippen LogP contribution >= 0.6 is 0 Å². The molecule has 0 aliphatic rings. The van der Waals surface area contributed by atoms with Gasteiger partial charge in [-0.1, -0.05) is 17.1 Å². The number of aliphatic hydroxyl groups is 1. The van der Waals surface area contributed by atoms with Crippen LogP contribution in [-0.2, 0) is 0 Å². The summed E-state index contributed by atoms with van der Waals surface area (Å²) in [4.78, 5) is 12.0. The Balaban J connectivity index is 2.11. The maximum atomic E-state index is 13.7. The summed E-state index contributed by atoms with van der Waals surface area (Å²) in [6.45, 7) is 1.32. The molecule has 1 unspecified atom stereocenters. The van der Waals surface area contributed by atoms with Crippen LogP contribution in [0.15, 0.2) is 18.2 Å². The summed E-state index contributed by atoms with van der Waals surface area (Å²) >= 11 is 0. The average molecular weight is 289 g/mol. The van der Waals surface area contributed by atoms with E-state index in [-0.39, 0.29) is 17.7 Å². The van der Waals surface area contributed by atoms with Crippen molar-refractivity contribution in [2.45, 2.75) is 13.0 Å². The predicted molar refractivity (Wildman–Crippen MR) is 70.4 cm³/mol. The smallest absolute Gasteiger partial charge is 0.251 e. The van der Waals surface area contributed by atoms with Crippen LogP contribution < -0.4 is 5.32 Å². The Bertz CT molecular complexity index is 690. The van der Waals surface area contributed by atoms with Crippen molar-refractivity contribution in [3.05, 3.63) is 41.0 Å². The van der Waals surface area contributed by atoms with E-state index in [4.69, 9.17) is 5.11 Å². The SMILES string of the molecule is CC(NC(=O)c1ccc(C#CCO)c(F)c1)c1nn[nH]n1. The highest BCUT2D eigenvalue weighted by molar-refractivity contribution is 5.94. The van der Waals surface area contributed by atoms with E-state index in [2.05, 4.69) is 37.8 Å². The summed E-state index contributed by atoms with van der Waals surface area (Å²) in [6, 6.07) is 3.45. The van der Waals surface area contributed by atoms with Crippen LogP contribution in [0.25, 0.3) is 0 Å². The molecular formula is C13H12FN5O2. The first-order chi connectivity index (χ1) is 10.1. The summed E-state index contributed by atoms with van der Waals surface area (Å²) in [5, 5.41) is 24.4. The molecule has 8 heteroatoms. The van der Waals surface area contributed by atoms with Gasteiger partial charge < -0.3 is 10.4 Å². The second kappa shape index (κ2) is 6.58. The predicted octanol–water partition coefficient (Wildman–Crippen LogP) is 0.174. The van der Waals surface area contributed by atoms with Crippen molar-refractivity contribution in [2.24, 2.45) is 0 Å². The Morgan fingerprint density at radius 2 is 2.38 bits per heavy atom. The van der Waals surface area contributed by atoms with Crippen LogP contribution in [0.2, 0.25) is 0 Å². The molecule has 108 valence electrons. The number of aromatic amines is 1. The first kappa shape index (κ1) is 14.6. The number of tetrazole rings is 1. The molecule has 0 radical (unpaired) electrons. The molecule has 0 saturated carbocycles. The molecule has 21 heavy (non-hydrogen) atoms. The van der Waals surface area contributed by atoms with Gasteiger partial charge in [0.05, 0.1) is 11.6 Å². The maximum Gasteiger partial charge on any atom is 0.251 e. The number of aromatic nitrogens is 4. The summed E-state index contributed by atoms with van der Waals surface area (Å²) in [5.74, 6) is 4.03. The molecule has 0 aliphatic heterocycles. The molecule has 1 atom stereocenters. The minimum atomic E-state index is -0.629. The van der Waals surface area contributed by atoms with E-state index in [0.717, 1.165) is 6.07 Å². The number of rotatable bonds is 3. The van der Waals surface area contributed by atoms with Gasteiger partial charge in [-0.05, 0) is 25.1 Å². The van der Waals surface area contributed by atoms with Crippen LogP contribution in [0.5, 0.6) is 0 Å². The lowest BCUT2D eigenvalue weighted by Gasteiger charge is -2.10. The number of carbonyl (C=O) groups is 1. The Morgan fingerprint density at radius 3 is 3.00 bits per heavy atom. The monoisotopic (exact) mass is 289 g/mol. The van der Waals surface area contributed by atoms with E-state index in [1.807, 2.05) is 0 Å². The molecule has 3 N–H and O–H groups in total. The number of hydrogen-bond acceptors (Lipinski definition) is 5. The lowest BCUT2D eigenvalue weighted by atomic mass is 10.1. The standard InChI is InChI=1S/C13H12FN5O2/c1-8(12-16-18-19-17-12)15-13(21)10-5-4-9(3-2-6-20)11(14)7-10/h4-5,7-8,20H,6H2,1H3,(H,15,21)(H,16,17,18,19). The molecular weight excluding hydrogens is 277 g/mol. The highest BCUT2D eigenvalue weighted by atomic mass is 19.1. The average Bonchev–Trinajstić information content (AvgIpc) is 3.00. The number of nitrogens with zero attached hydrogens (tertiary/aromatic N) is 3. The molecule has 0 fully saturated rings. The molecule has 0 aliphatic carbocycles. The van der Waals surface area contributed by atoms with E-state index in [9.17, 15) is 9.18 Å². The first-order valence-corrected chi connectivity index (χ1v) is 6.05. The summed E-state index contributed by atoms with van der Waals surface area (Å²) in [6.07, 6.45) is 0. The third-order valence-electron chi connectivity index (χ3n) is 2.63. The van der Waals surface area contributed by atoms with Gasteiger partial charge in [-0.3, -0.25) is 4.79 Å². The quantitative estimate of drug-likeness (QED) is 0.699. The van der Waals surface area contributed by atoms with Crippen molar-refractivity contribution >= 4 is 5.91 Å². The van der Waals surface area contributed by atoms with E-state index < -0.39 is 17.8 Å². The van der Waals surface area contributed by atoms with Gasteiger partial charge >= 0.3 is 0 Å².